The van der Waals surface area contributed by atoms with Gasteiger partial charge < -0.3 is 0 Å². The standard InChI is InChI=1S/C5H7N3/c6-1-5-2-7-4-8-3-5/h2,5,8H,3-4H2. The van der Waals surface area contributed by atoms with Gasteiger partial charge in [-0.2, -0.15) is 5.26 Å². The van der Waals surface area contributed by atoms with Gasteiger partial charge in [-0.25, -0.2) is 0 Å². The molecule has 0 aromatic heterocycles. The van der Waals surface area contributed by atoms with E-state index in [-0.39, 0.29) is 5.92 Å². The lowest BCUT2D eigenvalue weighted by atomic mass is 10.2. The fraction of sp³-hybridized carbons (Fsp3) is 0.600. The first-order valence-electron chi connectivity index (χ1n) is 2.54. The van der Waals surface area contributed by atoms with Crippen molar-refractivity contribution in [2.75, 3.05) is 13.2 Å². The Kier molecular flexibility index (Phi) is 1.60. The Morgan fingerprint density at radius 2 is 2.75 bits per heavy atom. The lowest BCUT2D eigenvalue weighted by Gasteiger charge is -2.07. The van der Waals surface area contributed by atoms with E-state index in [0.29, 0.717) is 6.67 Å². The Balaban J connectivity index is 2.46. The maximum absolute atomic E-state index is 8.31. The summed E-state index contributed by atoms with van der Waals surface area (Å²) in [7, 11) is 0. The second kappa shape index (κ2) is 2.43. The molecule has 8 heavy (non-hydrogen) atoms. The lowest BCUT2D eigenvalue weighted by Crippen LogP contribution is -2.27. The van der Waals surface area contributed by atoms with Crippen molar-refractivity contribution in [1.82, 2.24) is 5.32 Å². The predicted molar refractivity (Wildman–Crippen MR) is 30.5 cm³/mol. The van der Waals surface area contributed by atoms with Gasteiger partial charge in [-0.05, 0) is 0 Å². The molecule has 1 unspecified atom stereocenters. The second-order valence-electron chi connectivity index (χ2n) is 1.68. The highest BCUT2D eigenvalue weighted by molar-refractivity contribution is 5.65. The average Bonchev–Trinajstić information content (AvgIpc) is 1.90. The quantitative estimate of drug-likeness (QED) is 0.466. The highest BCUT2D eigenvalue weighted by Crippen LogP contribution is 1.90. The molecule has 0 saturated heterocycles. The Labute approximate surface area is 48.0 Å². The van der Waals surface area contributed by atoms with Crippen molar-refractivity contribution in [3.8, 4) is 6.07 Å². The lowest BCUT2D eigenvalue weighted by molar-refractivity contribution is 0.642. The van der Waals surface area contributed by atoms with Gasteiger partial charge in [-0.1, -0.05) is 0 Å². The van der Waals surface area contributed by atoms with Crippen LogP contribution in [0.3, 0.4) is 0 Å². The number of rotatable bonds is 0. The molecule has 1 atom stereocenters. The Morgan fingerprint density at radius 1 is 1.88 bits per heavy atom. The van der Waals surface area contributed by atoms with Gasteiger partial charge in [0.2, 0.25) is 0 Å². The molecule has 0 aromatic carbocycles. The fourth-order valence-electron chi connectivity index (χ4n) is 0.596. The third-order valence-corrected chi connectivity index (χ3v) is 1.02. The molecule has 0 saturated carbocycles. The van der Waals surface area contributed by atoms with Gasteiger partial charge in [0, 0.05) is 12.8 Å². The van der Waals surface area contributed by atoms with E-state index in [9.17, 15) is 0 Å². The average molecular weight is 109 g/mol. The third-order valence-electron chi connectivity index (χ3n) is 1.02. The van der Waals surface area contributed by atoms with Crippen molar-refractivity contribution in [3.05, 3.63) is 0 Å². The zero-order chi connectivity index (χ0) is 5.82. The van der Waals surface area contributed by atoms with Crippen molar-refractivity contribution in [3.63, 3.8) is 0 Å². The van der Waals surface area contributed by atoms with Crippen LogP contribution in [0.4, 0.5) is 0 Å². The molecule has 1 rings (SSSR count). The van der Waals surface area contributed by atoms with Crippen LogP contribution >= 0.6 is 0 Å². The van der Waals surface area contributed by atoms with Gasteiger partial charge in [0.1, 0.15) is 0 Å². The summed E-state index contributed by atoms with van der Waals surface area (Å²) < 4.78 is 0. The highest BCUT2D eigenvalue weighted by Gasteiger charge is 2.04. The Morgan fingerprint density at radius 3 is 3.12 bits per heavy atom. The minimum Gasteiger partial charge on any atom is -0.297 e. The smallest absolute Gasteiger partial charge is 0.0936 e. The molecule has 1 aliphatic rings. The van der Waals surface area contributed by atoms with Crippen LogP contribution in [0, 0.1) is 17.2 Å². The Bertz CT molecular complexity index is 133. The van der Waals surface area contributed by atoms with Gasteiger partial charge in [-0.3, -0.25) is 10.3 Å². The molecule has 0 fully saturated rings. The molecule has 0 aliphatic carbocycles. The molecule has 0 amide bonds. The van der Waals surface area contributed by atoms with Gasteiger partial charge in [0.25, 0.3) is 0 Å². The third kappa shape index (κ3) is 1.04. The van der Waals surface area contributed by atoms with Crippen LogP contribution in [0.1, 0.15) is 0 Å². The van der Waals surface area contributed by atoms with E-state index in [4.69, 9.17) is 5.26 Å². The van der Waals surface area contributed by atoms with Gasteiger partial charge in [0.05, 0.1) is 18.7 Å². The number of hydrogen-bond acceptors (Lipinski definition) is 3. The van der Waals surface area contributed by atoms with Crippen LogP contribution in [-0.4, -0.2) is 19.4 Å². The number of nitrogens with zero attached hydrogens (tertiary/aromatic N) is 2. The van der Waals surface area contributed by atoms with E-state index in [1.54, 1.807) is 6.21 Å². The summed E-state index contributed by atoms with van der Waals surface area (Å²) >= 11 is 0. The van der Waals surface area contributed by atoms with Crippen LogP contribution in [0.2, 0.25) is 0 Å². The summed E-state index contributed by atoms with van der Waals surface area (Å²) in [5.74, 6) is -0.0104. The van der Waals surface area contributed by atoms with Crippen LogP contribution in [-0.2, 0) is 0 Å². The van der Waals surface area contributed by atoms with E-state index in [2.05, 4.69) is 16.4 Å². The molecule has 0 spiro atoms. The van der Waals surface area contributed by atoms with E-state index in [1.165, 1.54) is 0 Å². The zero-order valence-corrected chi connectivity index (χ0v) is 4.46. The van der Waals surface area contributed by atoms with Crippen molar-refractivity contribution in [2.24, 2.45) is 10.9 Å². The van der Waals surface area contributed by atoms with Gasteiger partial charge in [-0.15, -0.1) is 0 Å². The highest BCUT2D eigenvalue weighted by atomic mass is 15.0. The summed E-state index contributed by atoms with van der Waals surface area (Å²) in [6.07, 6.45) is 1.69. The van der Waals surface area contributed by atoms with Crippen LogP contribution in [0.5, 0.6) is 0 Å². The topological polar surface area (TPSA) is 48.2 Å². The van der Waals surface area contributed by atoms with Gasteiger partial charge >= 0.3 is 0 Å². The molecule has 42 valence electrons. The SMILES string of the molecule is N#CC1C=NCNC1. The summed E-state index contributed by atoms with van der Waals surface area (Å²) in [5.41, 5.74) is 0. The first-order chi connectivity index (χ1) is 3.93. The van der Waals surface area contributed by atoms with Crippen molar-refractivity contribution in [1.29, 1.82) is 5.26 Å². The van der Waals surface area contributed by atoms with E-state index < -0.39 is 0 Å². The minimum absolute atomic E-state index is 0.0104. The maximum Gasteiger partial charge on any atom is 0.0936 e. The fourth-order valence-corrected chi connectivity index (χ4v) is 0.596. The van der Waals surface area contributed by atoms with Gasteiger partial charge in [0.15, 0.2) is 0 Å². The molecule has 0 radical (unpaired) electrons. The number of aliphatic imine (C=N–C) groups is 1. The summed E-state index contributed by atoms with van der Waals surface area (Å²) in [5, 5.41) is 11.3. The van der Waals surface area contributed by atoms with E-state index in [1.807, 2.05) is 0 Å². The first-order valence-corrected chi connectivity index (χ1v) is 2.54. The molecule has 0 bridgehead atoms. The largest absolute Gasteiger partial charge is 0.297 e. The van der Waals surface area contributed by atoms with E-state index >= 15 is 0 Å². The molecule has 1 N–H and O–H groups in total. The summed E-state index contributed by atoms with van der Waals surface area (Å²) in [4.78, 5) is 3.87. The molecule has 1 heterocycles. The summed E-state index contributed by atoms with van der Waals surface area (Å²) in [6, 6.07) is 2.09. The van der Waals surface area contributed by atoms with Crippen molar-refractivity contribution in [2.45, 2.75) is 0 Å². The predicted octanol–water partition coefficient (Wildman–Crippen LogP) is -0.242. The Hall–Kier alpha value is -0.880. The minimum atomic E-state index is -0.0104. The molecule has 0 aromatic rings. The van der Waals surface area contributed by atoms with Crippen LogP contribution in [0.25, 0.3) is 0 Å². The first kappa shape index (κ1) is 5.26. The van der Waals surface area contributed by atoms with Crippen molar-refractivity contribution >= 4 is 6.21 Å². The molecule has 3 nitrogen and oxygen atoms in total. The number of nitrogens with one attached hydrogen (secondary N) is 1. The monoisotopic (exact) mass is 109 g/mol. The normalized spacial score (nSPS) is 27.1. The number of nitriles is 1. The second-order valence-corrected chi connectivity index (χ2v) is 1.68. The van der Waals surface area contributed by atoms with Crippen molar-refractivity contribution < 1.29 is 0 Å². The van der Waals surface area contributed by atoms with E-state index in [0.717, 1.165) is 6.54 Å². The maximum atomic E-state index is 8.31. The van der Waals surface area contributed by atoms with Crippen LogP contribution < -0.4 is 5.32 Å². The molecular weight excluding hydrogens is 102 g/mol. The summed E-state index contributed by atoms with van der Waals surface area (Å²) in [6.45, 7) is 1.41. The molecule has 1 aliphatic heterocycles. The van der Waals surface area contributed by atoms with Crippen LogP contribution in [0.15, 0.2) is 4.99 Å². The zero-order valence-electron chi connectivity index (χ0n) is 4.46. The molecular formula is C5H7N3. The number of hydrogen-bond donors (Lipinski definition) is 1. The molecule has 3 heteroatoms.